The Kier molecular flexibility index (Phi) is 4.38. The number of nitrogen functional groups attached to an aromatic ring is 1. The number of ether oxygens (including phenoxy) is 1. The highest BCUT2D eigenvalue weighted by molar-refractivity contribution is 5.85. The van der Waals surface area contributed by atoms with Gasteiger partial charge >= 0.3 is 0 Å². The Morgan fingerprint density at radius 3 is 2.73 bits per heavy atom. The average molecular weight is 175 g/mol. The molecule has 0 fully saturated rings. The fraction of sp³-hybridized carbons (Fsp3) is 0.286. The normalized spacial score (nSPS) is 8.45. The first-order valence-electron chi connectivity index (χ1n) is 3.17. The van der Waals surface area contributed by atoms with Gasteiger partial charge in [-0.05, 0) is 13.0 Å². The lowest BCUT2D eigenvalue weighted by atomic mass is 10.4. The molecule has 0 aliphatic rings. The van der Waals surface area contributed by atoms with Gasteiger partial charge in [-0.1, -0.05) is 0 Å². The number of pyridine rings is 1. The Balaban J connectivity index is 0.000001000. The Hall–Kier alpha value is -0.960. The van der Waals surface area contributed by atoms with Crippen LogP contribution in [-0.2, 0) is 0 Å². The largest absolute Gasteiger partial charge is 0.478 e. The Bertz CT molecular complexity index is 200. The maximum absolute atomic E-state index is 5.40. The van der Waals surface area contributed by atoms with Crippen LogP contribution in [0.3, 0.4) is 0 Å². The first kappa shape index (κ1) is 10.0. The number of anilines is 1. The van der Waals surface area contributed by atoms with Crippen molar-refractivity contribution in [2.75, 3.05) is 12.3 Å². The first-order chi connectivity index (χ1) is 4.83. The number of nitrogens with two attached hydrogens (primary N) is 1. The molecule has 2 N–H and O–H groups in total. The molecule has 11 heavy (non-hydrogen) atoms. The molecular formula is C7H11ClN2O. The van der Waals surface area contributed by atoms with E-state index >= 15 is 0 Å². The zero-order valence-corrected chi connectivity index (χ0v) is 7.10. The average Bonchev–Trinajstić information content (AvgIpc) is 1.95. The third-order valence-electron chi connectivity index (χ3n) is 1.05. The molecule has 1 aromatic heterocycles. The van der Waals surface area contributed by atoms with E-state index in [4.69, 9.17) is 10.5 Å². The maximum atomic E-state index is 5.40. The predicted octanol–water partition coefficient (Wildman–Crippen LogP) is 1.48. The summed E-state index contributed by atoms with van der Waals surface area (Å²) in [5, 5.41) is 0. The summed E-state index contributed by atoms with van der Waals surface area (Å²) in [5.74, 6) is 0.622. The van der Waals surface area contributed by atoms with E-state index in [9.17, 15) is 0 Å². The summed E-state index contributed by atoms with van der Waals surface area (Å²) in [7, 11) is 0. The second kappa shape index (κ2) is 4.79. The SMILES string of the molecule is CCOc1ccc(N)cn1.Cl. The zero-order chi connectivity index (χ0) is 7.40. The van der Waals surface area contributed by atoms with E-state index in [0.717, 1.165) is 0 Å². The van der Waals surface area contributed by atoms with Gasteiger partial charge in [0.15, 0.2) is 0 Å². The van der Waals surface area contributed by atoms with Crippen molar-refractivity contribution >= 4 is 18.1 Å². The first-order valence-corrected chi connectivity index (χ1v) is 3.17. The van der Waals surface area contributed by atoms with Crippen molar-refractivity contribution in [3.8, 4) is 5.88 Å². The summed E-state index contributed by atoms with van der Waals surface area (Å²) in [6.07, 6.45) is 1.57. The Morgan fingerprint density at radius 1 is 1.55 bits per heavy atom. The zero-order valence-electron chi connectivity index (χ0n) is 6.28. The highest BCUT2D eigenvalue weighted by atomic mass is 35.5. The minimum atomic E-state index is 0. The van der Waals surface area contributed by atoms with Crippen LogP contribution in [0.25, 0.3) is 0 Å². The lowest BCUT2D eigenvalue weighted by Gasteiger charge is -1.99. The molecule has 1 heterocycles. The monoisotopic (exact) mass is 174 g/mol. The van der Waals surface area contributed by atoms with E-state index in [-0.39, 0.29) is 12.4 Å². The molecule has 0 aliphatic heterocycles. The molecule has 0 spiro atoms. The van der Waals surface area contributed by atoms with Gasteiger partial charge in [-0.15, -0.1) is 12.4 Å². The van der Waals surface area contributed by atoms with Crippen LogP contribution in [-0.4, -0.2) is 11.6 Å². The fourth-order valence-electron chi connectivity index (χ4n) is 0.625. The van der Waals surface area contributed by atoms with Gasteiger partial charge in [-0.3, -0.25) is 0 Å². The summed E-state index contributed by atoms with van der Waals surface area (Å²) < 4.78 is 5.09. The van der Waals surface area contributed by atoms with E-state index in [1.807, 2.05) is 6.92 Å². The molecule has 1 aromatic rings. The van der Waals surface area contributed by atoms with Gasteiger partial charge in [0.2, 0.25) is 5.88 Å². The molecule has 62 valence electrons. The van der Waals surface area contributed by atoms with Crippen LogP contribution in [0, 0.1) is 0 Å². The van der Waals surface area contributed by atoms with Crippen molar-refractivity contribution < 1.29 is 4.74 Å². The molecular weight excluding hydrogens is 164 g/mol. The highest BCUT2D eigenvalue weighted by Gasteiger charge is 1.90. The van der Waals surface area contributed by atoms with Crippen molar-refractivity contribution in [1.82, 2.24) is 4.98 Å². The van der Waals surface area contributed by atoms with E-state index in [1.54, 1.807) is 18.3 Å². The van der Waals surface area contributed by atoms with E-state index < -0.39 is 0 Å². The number of nitrogens with zero attached hydrogens (tertiary/aromatic N) is 1. The lowest BCUT2D eigenvalue weighted by Crippen LogP contribution is -1.94. The van der Waals surface area contributed by atoms with Gasteiger partial charge in [0.25, 0.3) is 0 Å². The van der Waals surface area contributed by atoms with Gasteiger partial charge in [0.05, 0.1) is 18.5 Å². The smallest absolute Gasteiger partial charge is 0.213 e. The second-order valence-electron chi connectivity index (χ2n) is 1.86. The molecule has 0 atom stereocenters. The van der Waals surface area contributed by atoms with Crippen LogP contribution in [0.5, 0.6) is 5.88 Å². The van der Waals surface area contributed by atoms with Crippen molar-refractivity contribution in [1.29, 1.82) is 0 Å². The summed E-state index contributed by atoms with van der Waals surface area (Å²) in [5.41, 5.74) is 6.06. The molecule has 0 aliphatic carbocycles. The summed E-state index contributed by atoms with van der Waals surface area (Å²) in [6, 6.07) is 3.51. The number of hydrogen-bond acceptors (Lipinski definition) is 3. The van der Waals surface area contributed by atoms with Crippen LogP contribution in [0.4, 0.5) is 5.69 Å². The van der Waals surface area contributed by atoms with Gasteiger partial charge in [-0.2, -0.15) is 0 Å². The standard InChI is InChI=1S/C7H10N2O.ClH/c1-2-10-7-4-3-6(8)5-9-7;/h3-5H,2,8H2,1H3;1H. The molecule has 0 unspecified atom stereocenters. The molecule has 3 nitrogen and oxygen atoms in total. The van der Waals surface area contributed by atoms with E-state index in [0.29, 0.717) is 18.2 Å². The Labute approximate surface area is 72.0 Å². The minimum absolute atomic E-state index is 0. The van der Waals surface area contributed by atoms with E-state index in [1.165, 1.54) is 0 Å². The third-order valence-corrected chi connectivity index (χ3v) is 1.05. The summed E-state index contributed by atoms with van der Waals surface area (Å²) >= 11 is 0. The van der Waals surface area contributed by atoms with Crippen molar-refractivity contribution in [3.05, 3.63) is 18.3 Å². The van der Waals surface area contributed by atoms with Gasteiger partial charge < -0.3 is 10.5 Å². The Morgan fingerprint density at radius 2 is 2.27 bits per heavy atom. The topological polar surface area (TPSA) is 48.1 Å². The minimum Gasteiger partial charge on any atom is -0.478 e. The summed E-state index contributed by atoms with van der Waals surface area (Å²) in [4.78, 5) is 3.92. The molecule has 0 saturated carbocycles. The molecule has 1 rings (SSSR count). The van der Waals surface area contributed by atoms with Crippen LogP contribution in [0.1, 0.15) is 6.92 Å². The number of halogens is 1. The fourth-order valence-corrected chi connectivity index (χ4v) is 0.625. The molecule has 0 saturated heterocycles. The van der Waals surface area contributed by atoms with Crippen molar-refractivity contribution in [3.63, 3.8) is 0 Å². The van der Waals surface area contributed by atoms with Gasteiger partial charge in [0, 0.05) is 6.07 Å². The quantitative estimate of drug-likeness (QED) is 0.739. The molecule has 0 radical (unpaired) electrons. The predicted molar refractivity (Wildman–Crippen MR) is 47.1 cm³/mol. The maximum Gasteiger partial charge on any atom is 0.213 e. The van der Waals surface area contributed by atoms with Gasteiger partial charge in [-0.25, -0.2) is 4.98 Å². The van der Waals surface area contributed by atoms with Crippen LogP contribution in [0.15, 0.2) is 18.3 Å². The highest BCUT2D eigenvalue weighted by Crippen LogP contribution is 2.07. The summed E-state index contributed by atoms with van der Waals surface area (Å²) in [6.45, 7) is 2.55. The molecule has 0 amide bonds. The van der Waals surface area contributed by atoms with Crippen LogP contribution in [0.2, 0.25) is 0 Å². The van der Waals surface area contributed by atoms with Crippen LogP contribution < -0.4 is 10.5 Å². The number of aromatic nitrogens is 1. The molecule has 0 bridgehead atoms. The number of rotatable bonds is 2. The molecule has 4 heteroatoms. The lowest BCUT2D eigenvalue weighted by molar-refractivity contribution is 0.327. The van der Waals surface area contributed by atoms with E-state index in [2.05, 4.69) is 4.98 Å². The van der Waals surface area contributed by atoms with Crippen molar-refractivity contribution in [2.24, 2.45) is 0 Å². The van der Waals surface area contributed by atoms with Crippen LogP contribution >= 0.6 is 12.4 Å². The molecule has 0 aromatic carbocycles. The number of hydrogen-bond donors (Lipinski definition) is 1. The van der Waals surface area contributed by atoms with Crippen molar-refractivity contribution in [2.45, 2.75) is 6.92 Å². The second-order valence-corrected chi connectivity index (χ2v) is 1.86. The van der Waals surface area contributed by atoms with Gasteiger partial charge in [0.1, 0.15) is 0 Å². The third kappa shape index (κ3) is 3.09.